The van der Waals surface area contributed by atoms with Gasteiger partial charge in [-0.05, 0) is 36.8 Å². The number of anilines is 1. The van der Waals surface area contributed by atoms with Crippen LogP contribution in [-0.2, 0) is 11.3 Å². The average molecular weight is 284 g/mol. The minimum atomic E-state index is 0.359. The second kappa shape index (κ2) is 4.90. The maximum Gasteiger partial charge on any atom is 0.154 e. The van der Waals surface area contributed by atoms with E-state index in [2.05, 4.69) is 15.0 Å². The van der Waals surface area contributed by atoms with Gasteiger partial charge in [-0.3, -0.25) is 0 Å². The molecular weight excluding hydrogens is 272 g/mol. The fourth-order valence-electron chi connectivity index (χ4n) is 2.01. The van der Waals surface area contributed by atoms with Gasteiger partial charge < -0.3 is 10.7 Å². The van der Waals surface area contributed by atoms with Crippen molar-refractivity contribution in [2.75, 3.05) is 5.73 Å². The van der Waals surface area contributed by atoms with E-state index in [9.17, 15) is 4.21 Å². The molecule has 0 aliphatic carbocycles. The van der Waals surface area contributed by atoms with Crippen LogP contribution in [0.15, 0.2) is 36.4 Å². The first kappa shape index (κ1) is 12.6. The molecule has 100 valence electrons. The molecule has 0 aliphatic rings. The largest absolute Gasteiger partial charge is 0.384 e. The first-order chi connectivity index (χ1) is 9.67. The number of nitrogens with one attached hydrogen (secondary N) is 1. The summed E-state index contributed by atoms with van der Waals surface area (Å²) in [6.07, 6.45) is 0. The minimum absolute atomic E-state index is 0.359. The zero-order valence-electron chi connectivity index (χ0n) is 10.8. The zero-order chi connectivity index (χ0) is 14.1. The van der Waals surface area contributed by atoms with Crippen LogP contribution in [0.1, 0.15) is 17.1 Å². The molecule has 3 N–H and O–H groups in total. The fraction of sp³-hybridized carbons (Fsp3) is 0.0714. The zero-order valence-corrected chi connectivity index (χ0v) is 11.6. The third kappa shape index (κ3) is 2.21. The molecule has 0 spiro atoms. The van der Waals surface area contributed by atoms with Gasteiger partial charge in [-0.25, -0.2) is 14.2 Å². The molecule has 6 heteroatoms. The van der Waals surface area contributed by atoms with E-state index in [1.54, 1.807) is 18.2 Å². The van der Waals surface area contributed by atoms with Crippen molar-refractivity contribution in [3.63, 3.8) is 0 Å². The summed E-state index contributed by atoms with van der Waals surface area (Å²) in [5.74, 6) is 0.893. The van der Waals surface area contributed by atoms with Crippen molar-refractivity contribution in [1.29, 1.82) is 0 Å². The molecule has 0 bridgehead atoms. The number of benzene rings is 1. The first-order valence-electron chi connectivity index (χ1n) is 6.04. The highest BCUT2D eigenvalue weighted by molar-refractivity contribution is 7.67. The maximum atomic E-state index is 11.4. The number of pyridine rings is 1. The van der Waals surface area contributed by atoms with Crippen LogP contribution in [0.3, 0.4) is 0 Å². The number of fused-ring (bicyclic) bond motifs is 1. The fourth-order valence-corrected chi connectivity index (χ4v) is 2.39. The van der Waals surface area contributed by atoms with E-state index in [4.69, 9.17) is 5.73 Å². The molecule has 0 saturated carbocycles. The molecule has 0 amide bonds. The maximum absolute atomic E-state index is 11.4. The molecule has 0 saturated heterocycles. The Hall–Kier alpha value is -2.47. The molecule has 5 nitrogen and oxygen atoms in total. The molecule has 0 aliphatic heterocycles. The number of aromatic amines is 1. The third-order valence-corrected chi connectivity index (χ3v) is 3.51. The van der Waals surface area contributed by atoms with E-state index in [0.717, 1.165) is 16.6 Å². The SMILES string of the molecule is Cc1ccc2nc(C(=S=O)c3cccc(N)n3)[nH]c2c1. The van der Waals surface area contributed by atoms with Crippen molar-refractivity contribution in [3.8, 4) is 0 Å². The van der Waals surface area contributed by atoms with Crippen LogP contribution in [0.2, 0.25) is 0 Å². The first-order valence-corrected chi connectivity index (χ1v) is 6.78. The van der Waals surface area contributed by atoms with E-state index in [1.807, 2.05) is 25.1 Å². The van der Waals surface area contributed by atoms with Crippen molar-refractivity contribution >= 4 is 33.0 Å². The van der Waals surface area contributed by atoms with Gasteiger partial charge in [0, 0.05) is 0 Å². The average Bonchev–Trinajstić information content (AvgIpc) is 2.82. The quantitative estimate of drug-likeness (QED) is 0.553. The van der Waals surface area contributed by atoms with E-state index in [-0.39, 0.29) is 0 Å². The third-order valence-electron chi connectivity index (χ3n) is 2.94. The van der Waals surface area contributed by atoms with E-state index < -0.39 is 0 Å². The van der Waals surface area contributed by atoms with Crippen molar-refractivity contribution in [3.05, 3.63) is 53.5 Å². The summed E-state index contributed by atoms with van der Waals surface area (Å²) < 4.78 is 11.4. The number of hydrogen-bond acceptors (Lipinski definition) is 4. The second-order valence-electron chi connectivity index (χ2n) is 4.47. The molecular formula is C14H12N4OS. The van der Waals surface area contributed by atoms with Crippen LogP contribution in [0.4, 0.5) is 5.82 Å². The minimum Gasteiger partial charge on any atom is -0.384 e. The number of H-pyrrole nitrogens is 1. The molecule has 2 heterocycles. The van der Waals surface area contributed by atoms with Crippen molar-refractivity contribution in [2.24, 2.45) is 0 Å². The Morgan fingerprint density at radius 3 is 2.85 bits per heavy atom. The Morgan fingerprint density at radius 1 is 1.25 bits per heavy atom. The van der Waals surface area contributed by atoms with E-state index in [1.165, 1.54) is 0 Å². The summed E-state index contributed by atoms with van der Waals surface area (Å²) in [5, 5.41) is 0. The summed E-state index contributed by atoms with van der Waals surface area (Å²) in [7, 11) is 0. The molecule has 3 rings (SSSR count). The Balaban J connectivity index is 2.15. The summed E-state index contributed by atoms with van der Waals surface area (Å²) in [4.78, 5) is 12.2. The van der Waals surface area contributed by atoms with Gasteiger partial charge in [0.1, 0.15) is 21.9 Å². The van der Waals surface area contributed by atoms with Crippen LogP contribution >= 0.6 is 0 Å². The standard InChI is InChI=1S/C14H12N4OS/c1-8-5-6-9-11(7-8)18-14(17-9)13(20-19)10-3-2-4-12(15)16-10/h2-7H,1H3,(H2,15,16)(H,17,18). The van der Waals surface area contributed by atoms with Crippen LogP contribution in [0.25, 0.3) is 11.0 Å². The lowest BCUT2D eigenvalue weighted by atomic mass is 10.2. The molecule has 0 unspecified atom stereocenters. The normalized spacial score (nSPS) is 10.7. The Kier molecular flexibility index (Phi) is 3.08. The Morgan fingerprint density at radius 2 is 2.10 bits per heavy atom. The number of hydrogen-bond donors (Lipinski definition) is 2. The molecule has 0 radical (unpaired) electrons. The number of nitrogen functional groups attached to an aromatic ring is 1. The van der Waals surface area contributed by atoms with Crippen LogP contribution < -0.4 is 5.73 Å². The molecule has 1 aromatic carbocycles. The number of nitrogens with two attached hydrogens (primary N) is 1. The van der Waals surface area contributed by atoms with Gasteiger partial charge in [0.25, 0.3) is 0 Å². The lowest BCUT2D eigenvalue weighted by molar-refractivity contribution is 0.701. The smallest absolute Gasteiger partial charge is 0.154 e. The summed E-state index contributed by atoms with van der Waals surface area (Å²) in [6, 6.07) is 11.1. The van der Waals surface area contributed by atoms with Gasteiger partial charge in [0.2, 0.25) is 0 Å². The van der Waals surface area contributed by atoms with Gasteiger partial charge in [-0.1, -0.05) is 12.1 Å². The lowest BCUT2D eigenvalue weighted by Gasteiger charge is -1.99. The van der Waals surface area contributed by atoms with Crippen molar-refractivity contribution in [2.45, 2.75) is 6.92 Å². The lowest BCUT2D eigenvalue weighted by Crippen LogP contribution is -2.08. The topological polar surface area (TPSA) is 84.7 Å². The summed E-state index contributed by atoms with van der Waals surface area (Å²) >= 11 is 0.359. The monoisotopic (exact) mass is 284 g/mol. The molecule has 0 atom stereocenters. The Bertz CT molecular complexity index is 849. The highest BCUT2D eigenvalue weighted by atomic mass is 32.1. The molecule has 20 heavy (non-hydrogen) atoms. The summed E-state index contributed by atoms with van der Waals surface area (Å²) in [6.45, 7) is 2.01. The molecule has 3 aromatic rings. The number of aryl methyl sites for hydroxylation is 1. The van der Waals surface area contributed by atoms with Crippen LogP contribution in [0, 0.1) is 6.92 Å². The van der Waals surface area contributed by atoms with E-state index >= 15 is 0 Å². The van der Waals surface area contributed by atoms with Gasteiger partial charge in [-0.2, -0.15) is 0 Å². The highest BCUT2D eigenvalue weighted by Gasteiger charge is 2.13. The highest BCUT2D eigenvalue weighted by Crippen LogP contribution is 2.15. The summed E-state index contributed by atoms with van der Waals surface area (Å²) in [5.41, 5.74) is 9.04. The van der Waals surface area contributed by atoms with Gasteiger partial charge in [-0.15, -0.1) is 0 Å². The van der Waals surface area contributed by atoms with Crippen LogP contribution in [0.5, 0.6) is 0 Å². The van der Waals surface area contributed by atoms with Crippen LogP contribution in [-0.4, -0.2) is 24.0 Å². The number of rotatable bonds is 2. The Labute approximate surface area is 118 Å². The predicted molar refractivity (Wildman–Crippen MR) is 80.8 cm³/mol. The number of nitrogens with zero attached hydrogens (tertiary/aromatic N) is 2. The number of aromatic nitrogens is 3. The van der Waals surface area contributed by atoms with Gasteiger partial charge >= 0.3 is 0 Å². The van der Waals surface area contributed by atoms with Crippen molar-refractivity contribution < 1.29 is 4.21 Å². The predicted octanol–water partition coefficient (Wildman–Crippen LogP) is 1.63. The van der Waals surface area contributed by atoms with Gasteiger partial charge in [0.05, 0.1) is 16.7 Å². The molecule has 0 fully saturated rings. The van der Waals surface area contributed by atoms with Crippen molar-refractivity contribution in [1.82, 2.24) is 15.0 Å². The van der Waals surface area contributed by atoms with Gasteiger partial charge in [0.15, 0.2) is 5.82 Å². The van der Waals surface area contributed by atoms with E-state index in [0.29, 0.717) is 33.5 Å². The molecule has 2 aromatic heterocycles. The second-order valence-corrected chi connectivity index (χ2v) is 5.04. The number of imidazole rings is 1.